The molecule has 2 aromatic carbocycles. The lowest BCUT2D eigenvalue weighted by molar-refractivity contribution is -0.135. The average Bonchev–Trinajstić information content (AvgIpc) is 3.60. The zero-order valence-electron chi connectivity index (χ0n) is 21.1. The van der Waals surface area contributed by atoms with Crippen molar-refractivity contribution in [2.24, 2.45) is 0 Å². The van der Waals surface area contributed by atoms with Crippen molar-refractivity contribution in [1.82, 2.24) is 9.80 Å². The van der Waals surface area contributed by atoms with E-state index in [2.05, 4.69) is 0 Å². The summed E-state index contributed by atoms with van der Waals surface area (Å²) in [4.78, 5) is 31.7. The van der Waals surface area contributed by atoms with E-state index in [4.69, 9.17) is 18.9 Å². The topological polar surface area (TPSA) is 77.5 Å². The molecule has 0 aliphatic carbocycles. The summed E-state index contributed by atoms with van der Waals surface area (Å²) in [6.07, 6.45) is 1.29. The third kappa shape index (κ3) is 5.61. The third-order valence-corrected chi connectivity index (χ3v) is 7.65. The van der Waals surface area contributed by atoms with Gasteiger partial charge in [-0.15, -0.1) is 11.3 Å². The normalized spacial score (nSPS) is 15.7. The van der Waals surface area contributed by atoms with Gasteiger partial charge in [0.15, 0.2) is 23.1 Å². The van der Waals surface area contributed by atoms with Crippen LogP contribution in [-0.4, -0.2) is 68.4 Å². The number of hydrogen-bond donors (Lipinski definition) is 0. The maximum atomic E-state index is 14.2. The molecular formula is C28H29FN2O6S. The molecule has 0 N–H and O–H groups in total. The SMILES string of the molecule is COCCCN(CC(=O)N1CCc2sccc2C1COc1ccccc1F)C(=O)c1ccc2c(c1)OCO2. The molecule has 5 rings (SSSR count). The van der Waals surface area contributed by atoms with Gasteiger partial charge in [0.2, 0.25) is 12.7 Å². The molecule has 1 atom stereocenters. The first kappa shape index (κ1) is 26.0. The summed E-state index contributed by atoms with van der Waals surface area (Å²) in [7, 11) is 1.60. The summed E-state index contributed by atoms with van der Waals surface area (Å²) in [5.74, 6) is 0.300. The second-order valence-corrected chi connectivity index (χ2v) is 10.0. The number of carbonyl (C=O) groups is 2. The molecule has 0 spiro atoms. The molecule has 3 aromatic rings. The number of thiophene rings is 1. The molecule has 1 unspecified atom stereocenters. The molecule has 2 amide bonds. The van der Waals surface area contributed by atoms with E-state index < -0.39 is 11.9 Å². The smallest absolute Gasteiger partial charge is 0.254 e. The Morgan fingerprint density at radius 2 is 2.00 bits per heavy atom. The van der Waals surface area contributed by atoms with E-state index in [0.717, 1.165) is 5.56 Å². The second kappa shape index (κ2) is 11.8. The molecule has 38 heavy (non-hydrogen) atoms. The summed E-state index contributed by atoms with van der Waals surface area (Å²) in [5.41, 5.74) is 1.41. The van der Waals surface area contributed by atoms with Crippen molar-refractivity contribution in [1.29, 1.82) is 0 Å². The van der Waals surface area contributed by atoms with Gasteiger partial charge < -0.3 is 28.7 Å². The van der Waals surface area contributed by atoms with E-state index in [1.54, 1.807) is 59.7 Å². The van der Waals surface area contributed by atoms with Crippen molar-refractivity contribution in [3.63, 3.8) is 0 Å². The fourth-order valence-electron chi connectivity index (χ4n) is 4.72. The van der Waals surface area contributed by atoms with E-state index >= 15 is 0 Å². The minimum atomic E-state index is -0.453. The molecule has 10 heteroatoms. The van der Waals surface area contributed by atoms with Crippen molar-refractivity contribution >= 4 is 23.2 Å². The predicted molar refractivity (Wildman–Crippen MR) is 139 cm³/mol. The van der Waals surface area contributed by atoms with E-state index in [-0.39, 0.29) is 37.5 Å². The zero-order valence-corrected chi connectivity index (χ0v) is 21.9. The summed E-state index contributed by atoms with van der Waals surface area (Å²) in [6, 6.07) is 12.8. The van der Waals surface area contributed by atoms with Crippen LogP contribution < -0.4 is 14.2 Å². The zero-order chi connectivity index (χ0) is 26.5. The minimum Gasteiger partial charge on any atom is -0.488 e. The van der Waals surface area contributed by atoms with Crippen molar-refractivity contribution in [2.75, 3.05) is 46.8 Å². The van der Waals surface area contributed by atoms with Gasteiger partial charge in [-0.25, -0.2) is 4.39 Å². The van der Waals surface area contributed by atoms with Gasteiger partial charge >= 0.3 is 0 Å². The van der Waals surface area contributed by atoms with Gasteiger partial charge in [-0.05, 0) is 60.2 Å². The molecular weight excluding hydrogens is 511 g/mol. The lowest BCUT2D eigenvalue weighted by Gasteiger charge is -2.37. The monoisotopic (exact) mass is 540 g/mol. The second-order valence-electron chi connectivity index (χ2n) is 9.03. The highest BCUT2D eigenvalue weighted by Crippen LogP contribution is 2.35. The quantitative estimate of drug-likeness (QED) is 0.357. The largest absolute Gasteiger partial charge is 0.488 e. The van der Waals surface area contributed by atoms with Gasteiger partial charge in [-0.1, -0.05) is 12.1 Å². The lowest BCUT2D eigenvalue weighted by atomic mass is 10.0. The number of hydrogen-bond acceptors (Lipinski definition) is 7. The highest BCUT2D eigenvalue weighted by atomic mass is 32.1. The average molecular weight is 541 g/mol. The first-order chi connectivity index (χ1) is 18.5. The third-order valence-electron chi connectivity index (χ3n) is 6.66. The van der Waals surface area contributed by atoms with Crippen LogP contribution in [0.3, 0.4) is 0 Å². The maximum Gasteiger partial charge on any atom is 0.254 e. The molecule has 2 aliphatic rings. The minimum absolute atomic E-state index is 0.105. The van der Waals surface area contributed by atoms with Crippen molar-refractivity contribution in [3.8, 4) is 17.2 Å². The number of nitrogens with zero attached hydrogens (tertiary/aromatic N) is 2. The number of amides is 2. The number of ether oxygens (including phenoxy) is 4. The van der Waals surface area contributed by atoms with Gasteiger partial charge in [-0.3, -0.25) is 9.59 Å². The first-order valence-corrected chi connectivity index (χ1v) is 13.3. The van der Waals surface area contributed by atoms with Crippen molar-refractivity contribution in [2.45, 2.75) is 18.9 Å². The van der Waals surface area contributed by atoms with Gasteiger partial charge in [-0.2, -0.15) is 0 Å². The molecule has 2 aliphatic heterocycles. The summed E-state index contributed by atoms with van der Waals surface area (Å²) >= 11 is 1.64. The standard InChI is InChI=1S/C28H29FN2O6S/c1-34-13-4-11-30(28(33)19-7-8-24-25(15-19)37-18-36-24)16-27(32)31-12-9-26-20(10-14-38-26)22(31)17-35-23-6-3-2-5-21(23)29/h2-3,5-8,10,14-15,22H,4,9,11-13,16-18H2,1H3. The van der Waals surface area contributed by atoms with Crippen LogP contribution in [-0.2, 0) is 16.0 Å². The van der Waals surface area contributed by atoms with Gasteiger partial charge in [0, 0.05) is 37.2 Å². The number of para-hydroxylation sites is 1. The maximum absolute atomic E-state index is 14.2. The molecule has 3 heterocycles. The Kier molecular flexibility index (Phi) is 8.09. The Balaban J connectivity index is 1.34. The van der Waals surface area contributed by atoms with Crippen LogP contribution in [0.1, 0.15) is 33.3 Å². The Hall–Kier alpha value is -3.63. The van der Waals surface area contributed by atoms with E-state index in [9.17, 15) is 14.0 Å². The van der Waals surface area contributed by atoms with E-state index in [1.807, 2.05) is 11.4 Å². The van der Waals surface area contributed by atoms with Crippen molar-refractivity contribution < 1.29 is 32.9 Å². The van der Waals surface area contributed by atoms with Gasteiger partial charge in [0.05, 0.1) is 6.04 Å². The van der Waals surface area contributed by atoms with Crippen LogP contribution in [0.15, 0.2) is 53.9 Å². The van der Waals surface area contributed by atoms with Crippen LogP contribution in [0.2, 0.25) is 0 Å². The Labute approximate surface area is 224 Å². The Morgan fingerprint density at radius 1 is 1.16 bits per heavy atom. The fourth-order valence-corrected chi connectivity index (χ4v) is 5.65. The van der Waals surface area contributed by atoms with Crippen LogP contribution in [0.25, 0.3) is 0 Å². The van der Waals surface area contributed by atoms with E-state index in [1.165, 1.54) is 15.8 Å². The molecule has 0 saturated carbocycles. The highest BCUT2D eigenvalue weighted by Gasteiger charge is 2.34. The van der Waals surface area contributed by atoms with Gasteiger partial charge in [0.1, 0.15) is 13.2 Å². The predicted octanol–water partition coefficient (Wildman–Crippen LogP) is 4.30. The fraction of sp³-hybridized carbons (Fsp3) is 0.357. The molecule has 0 bridgehead atoms. The highest BCUT2D eigenvalue weighted by molar-refractivity contribution is 7.10. The molecule has 200 valence electrons. The number of fused-ring (bicyclic) bond motifs is 2. The first-order valence-electron chi connectivity index (χ1n) is 12.5. The van der Waals surface area contributed by atoms with Crippen LogP contribution in [0, 0.1) is 5.82 Å². The Morgan fingerprint density at radius 3 is 2.84 bits per heavy atom. The number of rotatable bonds is 10. The summed E-state index contributed by atoms with van der Waals surface area (Å²) < 4.78 is 36.0. The number of methoxy groups -OCH3 is 1. The molecule has 8 nitrogen and oxygen atoms in total. The Bertz CT molecular complexity index is 1300. The summed E-state index contributed by atoms with van der Waals surface area (Å²) in [5, 5.41) is 1.99. The number of halogens is 1. The van der Waals surface area contributed by atoms with Gasteiger partial charge in [0.25, 0.3) is 5.91 Å². The lowest BCUT2D eigenvalue weighted by Crippen LogP contribution is -2.48. The number of carbonyl (C=O) groups excluding carboxylic acids is 2. The number of benzene rings is 2. The van der Waals surface area contributed by atoms with Crippen LogP contribution in [0.5, 0.6) is 17.2 Å². The summed E-state index contributed by atoms with van der Waals surface area (Å²) in [6.45, 7) is 1.41. The van der Waals surface area contributed by atoms with Crippen LogP contribution >= 0.6 is 11.3 Å². The van der Waals surface area contributed by atoms with Crippen LogP contribution in [0.4, 0.5) is 4.39 Å². The van der Waals surface area contributed by atoms with Crippen molar-refractivity contribution in [3.05, 3.63) is 75.7 Å². The molecule has 0 fully saturated rings. The molecule has 0 saturated heterocycles. The van der Waals surface area contributed by atoms with E-state index in [0.29, 0.717) is 49.6 Å². The molecule has 0 radical (unpaired) electrons. The molecule has 1 aromatic heterocycles.